The summed E-state index contributed by atoms with van der Waals surface area (Å²) in [6, 6.07) is 13.9. The highest BCUT2D eigenvalue weighted by Crippen LogP contribution is 2.22. The molecule has 1 N–H and O–H groups in total. The molecule has 0 radical (unpaired) electrons. The fraction of sp³-hybridized carbons (Fsp3) is 0.294. The van der Waals surface area contributed by atoms with Gasteiger partial charge in [0.25, 0.3) is 0 Å². The Morgan fingerprint density at radius 3 is 2.47 bits per heavy atom. The summed E-state index contributed by atoms with van der Waals surface area (Å²) in [5, 5.41) is 10.2. The molecule has 1 unspecified atom stereocenters. The predicted molar refractivity (Wildman–Crippen MR) is 77.5 cm³/mol. The molecule has 0 saturated carbocycles. The van der Waals surface area contributed by atoms with Crippen molar-refractivity contribution in [3.05, 3.63) is 64.7 Å². The van der Waals surface area contributed by atoms with Crippen molar-refractivity contribution in [3.8, 4) is 5.75 Å². The third-order valence-electron chi connectivity index (χ3n) is 3.29. The number of ether oxygens (including phenoxy) is 1. The third-order valence-corrected chi connectivity index (χ3v) is 3.29. The molecule has 0 saturated heterocycles. The summed E-state index contributed by atoms with van der Waals surface area (Å²) in [5.41, 5.74) is 4.25. The van der Waals surface area contributed by atoms with Gasteiger partial charge in [0.15, 0.2) is 0 Å². The van der Waals surface area contributed by atoms with Crippen LogP contribution in [0.25, 0.3) is 0 Å². The largest absolute Gasteiger partial charge is 0.490 e. The van der Waals surface area contributed by atoms with Crippen molar-refractivity contribution in [2.45, 2.75) is 26.9 Å². The van der Waals surface area contributed by atoms with Crippen LogP contribution in [-0.4, -0.2) is 11.7 Å². The Bertz CT molecular complexity index is 561. The van der Waals surface area contributed by atoms with Gasteiger partial charge in [0.05, 0.1) is 0 Å². The maximum absolute atomic E-state index is 10.2. The van der Waals surface area contributed by atoms with E-state index in [-0.39, 0.29) is 6.61 Å². The van der Waals surface area contributed by atoms with Gasteiger partial charge < -0.3 is 9.84 Å². The number of aliphatic hydroxyl groups is 1. The van der Waals surface area contributed by atoms with Crippen molar-refractivity contribution >= 4 is 0 Å². The normalized spacial score (nSPS) is 12.2. The molecule has 0 aromatic heterocycles. The maximum Gasteiger partial charge on any atom is 0.122 e. The zero-order chi connectivity index (χ0) is 13.8. The van der Waals surface area contributed by atoms with Gasteiger partial charge in [0.2, 0.25) is 0 Å². The molecule has 0 spiro atoms. The summed E-state index contributed by atoms with van der Waals surface area (Å²) < 4.78 is 5.74. The van der Waals surface area contributed by atoms with Gasteiger partial charge in [-0.05, 0) is 49.1 Å². The predicted octanol–water partition coefficient (Wildman–Crippen LogP) is 3.72. The Morgan fingerprint density at radius 1 is 1.00 bits per heavy atom. The van der Waals surface area contributed by atoms with Crippen molar-refractivity contribution in [1.82, 2.24) is 0 Å². The molecule has 2 aromatic carbocycles. The van der Waals surface area contributed by atoms with Crippen LogP contribution in [0.3, 0.4) is 0 Å². The average Bonchev–Trinajstić information content (AvgIpc) is 2.40. The van der Waals surface area contributed by atoms with Gasteiger partial charge in [-0.15, -0.1) is 0 Å². The first-order valence-corrected chi connectivity index (χ1v) is 6.51. The highest BCUT2D eigenvalue weighted by Gasteiger charge is 2.11. The molecule has 0 fully saturated rings. The van der Waals surface area contributed by atoms with Crippen molar-refractivity contribution in [3.63, 3.8) is 0 Å². The van der Waals surface area contributed by atoms with Gasteiger partial charge in [-0.2, -0.15) is 0 Å². The first-order chi connectivity index (χ1) is 9.08. The molecular weight excluding hydrogens is 236 g/mol. The number of hydrogen-bond donors (Lipinski definition) is 1. The average molecular weight is 256 g/mol. The van der Waals surface area contributed by atoms with E-state index in [9.17, 15) is 5.11 Å². The Kier molecular flexibility index (Phi) is 4.23. The topological polar surface area (TPSA) is 29.5 Å². The summed E-state index contributed by atoms with van der Waals surface area (Å²) in [4.78, 5) is 0. The molecule has 0 heterocycles. The molecular formula is C17H20O2. The molecule has 0 amide bonds. The minimum absolute atomic E-state index is 0.273. The summed E-state index contributed by atoms with van der Waals surface area (Å²) in [7, 11) is 0. The Labute approximate surface area is 114 Å². The first-order valence-electron chi connectivity index (χ1n) is 6.51. The number of aryl methyl sites for hydroxylation is 3. The SMILES string of the molecule is Cc1ccc(C)c(OCC(O)c2ccccc2C)c1. The third kappa shape index (κ3) is 3.36. The highest BCUT2D eigenvalue weighted by atomic mass is 16.5. The Balaban J connectivity index is 2.06. The summed E-state index contributed by atoms with van der Waals surface area (Å²) in [6.07, 6.45) is -0.596. The van der Waals surface area contributed by atoms with Crippen LogP contribution in [0.15, 0.2) is 42.5 Å². The Morgan fingerprint density at radius 2 is 1.74 bits per heavy atom. The molecule has 2 rings (SSSR count). The van der Waals surface area contributed by atoms with Gasteiger partial charge in [-0.3, -0.25) is 0 Å². The van der Waals surface area contributed by atoms with E-state index in [1.54, 1.807) is 0 Å². The lowest BCUT2D eigenvalue weighted by molar-refractivity contribution is 0.107. The lowest BCUT2D eigenvalue weighted by Gasteiger charge is -2.16. The van der Waals surface area contributed by atoms with Crippen LogP contribution in [0.4, 0.5) is 0 Å². The van der Waals surface area contributed by atoms with E-state index >= 15 is 0 Å². The molecule has 0 aliphatic rings. The summed E-state index contributed by atoms with van der Waals surface area (Å²) >= 11 is 0. The van der Waals surface area contributed by atoms with E-state index in [1.807, 2.05) is 57.2 Å². The van der Waals surface area contributed by atoms with Crippen LogP contribution in [0.2, 0.25) is 0 Å². The van der Waals surface area contributed by atoms with Crippen LogP contribution in [0, 0.1) is 20.8 Å². The van der Waals surface area contributed by atoms with Crippen molar-refractivity contribution in [1.29, 1.82) is 0 Å². The Hall–Kier alpha value is -1.80. The molecule has 2 heteroatoms. The second-order valence-corrected chi connectivity index (χ2v) is 4.95. The highest BCUT2D eigenvalue weighted by molar-refractivity contribution is 5.36. The van der Waals surface area contributed by atoms with E-state index in [0.717, 1.165) is 28.0 Å². The van der Waals surface area contributed by atoms with Gasteiger partial charge in [0.1, 0.15) is 18.5 Å². The van der Waals surface area contributed by atoms with E-state index in [4.69, 9.17) is 4.74 Å². The zero-order valence-electron chi connectivity index (χ0n) is 11.7. The fourth-order valence-electron chi connectivity index (χ4n) is 2.08. The van der Waals surface area contributed by atoms with Crippen LogP contribution < -0.4 is 4.74 Å². The van der Waals surface area contributed by atoms with Crippen LogP contribution in [0.1, 0.15) is 28.4 Å². The minimum atomic E-state index is -0.596. The fourth-order valence-corrected chi connectivity index (χ4v) is 2.08. The molecule has 19 heavy (non-hydrogen) atoms. The first kappa shape index (κ1) is 13.6. The van der Waals surface area contributed by atoms with Gasteiger partial charge in [-0.1, -0.05) is 36.4 Å². The van der Waals surface area contributed by atoms with Gasteiger partial charge >= 0.3 is 0 Å². The van der Waals surface area contributed by atoms with Crippen molar-refractivity contribution in [2.24, 2.45) is 0 Å². The smallest absolute Gasteiger partial charge is 0.122 e. The molecule has 2 nitrogen and oxygen atoms in total. The van der Waals surface area contributed by atoms with Crippen molar-refractivity contribution in [2.75, 3.05) is 6.61 Å². The second-order valence-electron chi connectivity index (χ2n) is 4.95. The van der Waals surface area contributed by atoms with Crippen LogP contribution in [-0.2, 0) is 0 Å². The van der Waals surface area contributed by atoms with Gasteiger partial charge in [0, 0.05) is 0 Å². The van der Waals surface area contributed by atoms with Crippen molar-refractivity contribution < 1.29 is 9.84 Å². The minimum Gasteiger partial charge on any atom is -0.490 e. The molecule has 1 atom stereocenters. The van der Waals surface area contributed by atoms with E-state index in [1.165, 1.54) is 0 Å². The zero-order valence-corrected chi connectivity index (χ0v) is 11.7. The number of rotatable bonds is 4. The number of benzene rings is 2. The maximum atomic E-state index is 10.2. The monoisotopic (exact) mass is 256 g/mol. The number of hydrogen-bond acceptors (Lipinski definition) is 2. The molecule has 0 bridgehead atoms. The molecule has 0 aliphatic carbocycles. The lowest BCUT2D eigenvalue weighted by Crippen LogP contribution is -2.11. The van der Waals surface area contributed by atoms with Crippen LogP contribution in [0.5, 0.6) is 5.75 Å². The lowest BCUT2D eigenvalue weighted by atomic mass is 10.0. The molecule has 2 aromatic rings. The van der Waals surface area contributed by atoms with E-state index < -0.39 is 6.10 Å². The summed E-state index contributed by atoms with van der Waals surface area (Å²) in [5.74, 6) is 0.840. The van der Waals surface area contributed by atoms with E-state index in [2.05, 4.69) is 6.07 Å². The quantitative estimate of drug-likeness (QED) is 0.903. The van der Waals surface area contributed by atoms with E-state index in [0.29, 0.717) is 0 Å². The van der Waals surface area contributed by atoms with Gasteiger partial charge in [-0.25, -0.2) is 0 Å². The second kappa shape index (κ2) is 5.89. The standard InChI is InChI=1S/C17H20O2/c1-12-8-9-14(3)17(10-12)19-11-16(18)15-7-5-4-6-13(15)2/h4-10,16,18H,11H2,1-3H3. The molecule has 100 valence electrons. The summed E-state index contributed by atoms with van der Waals surface area (Å²) in [6.45, 7) is 6.31. The molecule has 0 aliphatic heterocycles. The van der Waals surface area contributed by atoms with Crippen LogP contribution >= 0.6 is 0 Å². The number of aliphatic hydroxyl groups excluding tert-OH is 1.